The van der Waals surface area contributed by atoms with Crippen molar-refractivity contribution < 1.29 is 4.79 Å². The number of hydrogen-bond acceptors (Lipinski definition) is 1. The van der Waals surface area contributed by atoms with Gasteiger partial charge < -0.3 is 0 Å². The number of carbonyl (C=O) groups is 1. The molecule has 0 amide bonds. The largest absolute Gasteiger partial charge is 0.281 e. The predicted molar refractivity (Wildman–Crippen MR) is 62.5 cm³/mol. The molecular weight excluding hydrogens is 196 g/mol. The normalized spacial score (nSPS) is 11.3. The van der Waals surface area contributed by atoms with Gasteiger partial charge in [-0.25, -0.2) is 0 Å². The van der Waals surface area contributed by atoms with Gasteiger partial charge in [0, 0.05) is 6.42 Å². The molecule has 0 atom stereocenters. The van der Waals surface area contributed by atoms with Crippen LogP contribution in [0, 0.1) is 0 Å². The van der Waals surface area contributed by atoms with Crippen LogP contribution in [-0.4, -0.2) is 5.24 Å². The van der Waals surface area contributed by atoms with Gasteiger partial charge in [-0.05, 0) is 51.6 Å². The van der Waals surface area contributed by atoms with Crippen LogP contribution in [-0.2, 0) is 4.79 Å². The Bertz CT molecular complexity index is 235. The van der Waals surface area contributed by atoms with Crippen LogP contribution in [0.2, 0.25) is 0 Å². The van der Waals surface area contributed by atoms with Gasteiger partial charge in [0.25, 0.3) is 0 Å². The highest BCUT2D eigenvalue weighted by atomic mass is 35.5. The summed E-state index contributed by atoms with van der Waals surface area (Å²) >= 11 is 5.23. The van der Waals surface area contributed by atoms with Crippen molar-refractivity contribution in [2.45, 2.75) is 46.5 Å². The van der Waals surface area contributed by atoms with Gasteiger partial charge in [0.1, 0.15) is 0 Å². The Balaban J connectivity index is 3.67. The van der Waals surface area contributed by atoms with Gasteiger partial charge >= 0.3 is 0 Å². The third kappa shape index (κ3) is 9.53. The van der Waals surface area contributed by atoms with E-state index < -0.39 is 0 Å². The molecule has 0 radical (unpaired) electrons. The number of hydrogen-bond donors (Lipinski definition) is 0. The molecule has 14 heavy (non-hydrogen) atoms. The second-order valence-electron chi connectivity index (χ2n) is 3.76. The maximum atomic E-state index is 10.5. The molecule has 1 nitrogen and oxygen atoms in total. The molecule has 0 bridgehead atoms. The quantitative estimate of drug-likeness (QED) is 0.478. The molecule has 0 aromatic heterocycles. The topological polar surface area (TPSA) is 17.1 Å². The van der Waals surface area contributed by atoms with Crippen LogP contribution >= 0.6 is 11.6 Å². The molecule has 2 heteroatoms. The first-order valence-corrected chi connectivity index (χ1v) is 5.37. The van der Waals surface area contributed by atoms with E-state index in [0.717, 1.165) is 19.3 Å². The summed E-state index contributed by atoms with van der Waals surface area (Å²) in [7, 11) is 0. The Kier molecular flexibility index (Phi) is 7.50. The second kappa shape index (κ2) is 7.81. The monoisotopic (exact) mass is 214 g/mol. The highest BCUT2D eigenvalue weighted by Crippen LogP contribution is 2.08. The van der Waals surface area contributed by atoms with E-state index in [2.05, 4.69) is 32.9 Å². The van der Waals surface area contributed by atoms with Crippen molar-refractivity contribution >= 4 is 16.8 Å². The fourth-order valence-electron chi connectivity index (χ4n) is 1.12. The van der Waals surface area contributed by atoms with Crippen molar-refractivity contribution in [3.05, 3.63) is 23.3 Å². The number of halogens is 1. The van der Waals surface area contributed by atoms with Crippen molar-refractivity contribution in [1.82, 2.24) is 0 Å². The van der Waals surface area contributed by atoms with Gasteiger partial charge in [-0.1, -0.05) is 23.3 Å². The molecule has 0 spiro atoms. The van der Waals surface area contributed by atoms with Gasteiger partial charge in [0.05, 0.1) is 0 Å². The van der Waals surface area contributed by atoms with Crippen LogP contribution in [0.1, 0.15) is 46.5 Å². The third-order valence-electron chi connectivity index (χ3n) is 1.92. The van der Waals surface area contributed by atoms with Crippen LogP contribution in [0.25, 0.3) is 0 Å². The van der Waals surface area contributed by atoms with Crippen LogP contribution in [0.15, 0.2) is 23.3 Å². The van der Waals surface area contributed by atoms with E-state index in [-0.39, 0.29) is 5.24 Å². The predicted octanol–water partition coefficient (Wildman–Crippen LogP) is 4.22. The van der Waals surface area contributed by atoms with E-state index in [1.807, 2.05) is 0 Å². The zero-order valence-electron chi connectivity index (χ0n) is 9.27. The average Bonchev–Trinajstić information content (AvgIpc) is 2.02. The molecular formula is C12H19ClO. The minimum atomic E-state index is -0.252. The number of rotatable bonds is 6. The van der Waals surface area contributed by atoms with Crippen LogP contribution in [0.4, 0.5) is 0 Å². The standard InChI is InChI=1S/C12H19ClO/c1-10(2)6-4-7-11(3)8-5-9-12(13)14/h6,8H,4-5,7,9H2,1-3H3/b11-8+. The molecule has 0 heterocycles. The summed E-state index contributed by atoms with van der Waals surface area (Å²) in [6.45, 7) is 6.30. The average molecular weight is 215 g/mol. The summed E-state index contributed by atoms with van der Waals surface area (Å²) in [6, 6.07) is 0. The highest BCUT2D eigenvalue weighted by molar-refractivity contribution is 6.63. The van der Waals surface area contributed by atoms with Gasteiger partial charge in [-0.3, -0.25) is 4.79 Å². The number of carbonyl (C=O) groups excluding carboxylic acids is 1. The first kappa shape index (κ1) is 13.4. The van der Waals surface area contributed by atoms with Crippen LogP contribution in [0.3, 0.4) is 0 Å². The molecule has 0 rings (SSSR count). The molecule has 0 unspecified atom stereocenters. The van der Waals surface area contributed by atoms with Gasteiger partial charge in [0.2, 0.25) is 5.24 Å². The van der Waals surface area contributed by atoms with E-state index in [0.29, 0.717) is 6.42 Å². The minimum absolute atomic E-state index is 0.252. The lowest BCUT2D eigenvalue weighted by molar-refractivity contribution is -0.111. The first-order valence-electron chi connectivity index (χ1n) is 4.99. The Morgan fingerprint density at radius 2 is 1.64 bits per heavy atom. The van der Waals surface area contributed by atoms with Crippen LogP contribution < -0.4 is 0 Å². The Labute approximate surface area is 91.8 Å². The molecule has 0 aromatic carbocycles. The molecule has 0 N–H and O–H groups in total. The summed E-state index contributed by atoms with van der Waals surface area (Å²) in [4.78, 5) is 10.5. The van der Waals surface area contributed by atoms with Crippen molar-refractivity contribution in [2.75, 3.05) is 0 Å². The summed E-state index contributed by atoms with van der Waals surface area (Å²) in [5.41, 5.74) is 2.69. The fraction of sp³-hybridized carbons (Fsp3) is 0.583. The van der Waals surface area contributed by atoms with Crippen LogP contribution in [0.5, 0.6) is 0 Å². The molecule has 0 aliphatic heterocycles. The van der Waals surface area contributed by atoms with E-state index in [1.165, 1.54) is 11.1 Å². The summed E-state index contributed by atoms with van der Waals surface area (Å²) < 4.78 is 0. The summed E-state index contributed by atoms with van der Waals surface area (Å²) in [5.74, 6) is 0. The molecule has 0 aliphatic rings. The molecule has 0 saturated carbocycles. The van der Waals surface area contributed by atoms with Gasteiger partial charge in [-0.2, -0.15) is 0 Å². The molecule has 0 fully saturated rings. The molecule has 0 aromatic rings. The third-order valence-corrected chi connectivity index (χ3v) is 2.11. The molecule has 0 saturated heterocycles. The lowest BCUT2D eigenvalue weighted by Crippen LogP contribution is -1.84. The second-order valence-corrected chi connectivity index (χ2v) is 4.19. The minimum Gasteiger partial charge on any atom is -0.281 e. The van der Waals surface area contributed by atoms with Crippen molar-refractivity contribution in [3.8, 4) is 0 Å². The van der Waals surface area contributed by atoms with Crippen molar-refractivity contribution in [1.29, 1.82) is 0 Å². The van der Waals surface area contributed by atoms with E-state index in [9.17, 15) is 4.79 Å². The van der Waals surface area contributed by atoms with E-state index >= 15 is 0 Å². The number of allylic oxidation sites excluding steroid dienone is 4. The Morgan fingerprint density at radius 3 is 2.14 bits per heavy atom. The fourth-order valence-corrected chi connectivity index (χ4v) is 1.23. The van der Waals surface area contributed by atoms with Crippen molar-refractivity contribution in [2.24, 2.45) is 0 Å². The highest BCUT2D eigenvalue weighted by Gasteiger charge is 1.93. The van der Waals surface area contributed by atoms with E-state index in [1.54, 1.807) is 0 Å². The lowest BCUT2D eigenvalue weighted by Gasteiger charge is -1.98. The van der Waals surface area contributed by atoms with Gasteiger partial charge in [-0.15, -0.1) is 0 Å². The first-order chi connectivity index (χ1) is 6.52. The van der Waals surface area contributed by atoms with E-state index in [4.69, 9.17) is 11.6 Å². The zero-order valence-corrected chi connectivity index (χ0v) is 10.0. The zero-order chi connectivity index (χ0) is 11.0. The summed E-state index contributed by atoms with van der Waals surface area (Å²) in [5, 5.41) is -0.252. The van der Waals surface area contributed by atoms with Gasteiger partial charge in [0.15, 0.2) is 0 Å². The molecule has 80 valence electrons. The maximum absolute atomic E-state index is 10.5. The molecule has 0 aliphatic carbocycles. The Hall–Kier alpha value is -0.560. The van der Waals surface area contributed by atoms with Crippen molar-refractivity contribution in [3.63, 3.8) is 0 Å². The smallest absolute Gasteiger partial charge is 0.221 e. The lowest BCUT2D eigenvalue weighted by atomic mass is 10.1. The summed E-state index contributed by atoms with van der Waals surface area (Å²) in [6.07, 6.45) is 7.69. The maximum Gasteiger partial charge on any atom is 0.221 e. The Morgan fingerprint density at radius 1 is 1.07 bits per heavy atom. The SMILES string of the molecule is CC(C)=CCC/C(C)=C/CCC(=O)Cl.